The number of halogens is 1. The lowest BCUT2D eigenvalue weighted by Gasteiger charge is -2.24. The van der Waals surface area contributed by atoms with Gasteiger partial charge in [0, 0.05) is 10.2 Å². The van der Waals surface area contributed by atoms with Crippen LogP contribution in [0.25, 0.3) is 0 Å². The highest BCUT2D eigenvalue weighted by atomic mass is 79.9. The van der Waals surface area contributed by atoms with Crippen molar-refractivity contribution in [2.75, 3.05) is 5.32 Å². The molecule has 1 atom stereocenters. The van der Waals surface area contributed by atoms with Gasteiger partial charge < -0.3 is 10.4 Å². The average Bonchev–Trinajstić information content (AvgIpc) is 2.17. The maximum absolute atomic E-state index is 10.8. The van der Waals surface area contributed by atoms with Crippen LogP contribution in [0.3, 0.4) is 0 Å². The van der Waals surface area contributed by atoms with Crippen LogP contribution < -0.4 is 5.32 Å². The first kappa shape index (κ1) is 9.52. The molecule has 0 saturated heterocycles. The molecular formula is C10H10BrNO2. The molecule has 1 unspecified atom stereocenters. The Labute approximate surface area is 90.3 Å². The Kier molecular flexibility index (Phi) is 2.46. The molecule has 3 nitrogen and oxygen atoms in total. The van der Waals surface area contributed by atoms with Crippen molar-refractivity contribution in [3.05, 3.63) is 28.2 Å². The van der Waals surface area contributed by atoms with Gasteiger partial charge in [-0.1, -0.05) is 22.0 Å². The molecule has 0 amide bonds. The van der Waals surface area contributed by atoms with Crippen molar-refractivity contribution in [3.63, 3.8) is 0 Å². The van der Waals surface area contributed by atoms with Gasteiger partial charge in [-0.2, -0.15) is 0 Å². The van der Waals surface area contributed by atoms with Crippen molar-refractivity contribution >= 4 is 27.6 Å². The van der Waals surface area contributed by atoms with Gasteiger partial charge in [0.1, 0.15) is 6.04 Å². The second kappa shape index (κ2) is 3.61. The summed E-state index contributed by atoms with van der Waals surface area (Å²) in [5.41, 5.74) is 2.10. The van der Waals surface area contributed by atoms with E-state index < -0.39 is 12.0 Å². The molecule has 0 aliphatic carbocycles. The lowest BCUT2D eigenvalue weighted by molar-refractivity contribution is -0.138. The monoisotopic (exact) mass is 255 g/mol. The number of hydrogen-bond donors (Lipinski definition) is 2. The zero-order chi connectivity index (χ0) is 10.1. The first-order valence-electron chi connectivity index (χ1n) is 4.45. The van der Waals surface area contributed by atoms with Crippen LogP contribution in [0, 0.1) is 0 Å². The first-order chi connectivity index (χ1) is 6.68. The fourth-order valence-electron chi connectivity index (χ4n) is 1.68. The molecule has 4 heteroatoms. The molecule has 1 aromatic carbocycles. The van der Waals surface area contributed by atoms with Crippen molar-refractivity contribution in [1.29, 1.82) is 0 Å². The Morgan fingerprint density at radius 2 is 2.36 bits per heavy atom. The number of benzene rings is 1. The molecule has 1 aromatic rings. The fraction of sp³-hybridized carbons (Fsp3) is 0.300. The van der Waals surface area contributed by atoms with E-state index in [9.17, 15) is 4.79 Å². The molecule has 0 saturated carbocycles. The summed E-state index contributed by atoms with van der Waals surface area (Å²) in [7, 11) is 0. The number of rotatable bonds is 1. The van der Waals surface area contributed by atoms with Crippen LogP contribution in [0.15, 0.2) is 22.7 Å². The van der Waals surface area contributed by atoms with E-state index in [2.05, 4.69) is 21.2 Å². The van der Waals surface area contributed by atoms with Crippen molar-refractivity contribution in [2.24, 2.45) is 0 Å². The average molecular weight is 256 g/mol. The Morgan fingerprint density at radius 1 is 1.57 bits per heavy atom. The predicted octanol–water partition coefficient (Wildman–Crippen LogP) is 2.26. The van der Waals surface area contributed by atoms with Gasteiger partial charge in [-0.25, -0.2) is 4.79 Å². The minimum Gasteiger partial charge on any atom is -0.480 e. The molecule has 0 bridgehead atoms. The normalized spacial score (nSPS) is 19.6. The van der Waals surface area contributed by atoms with E-state index in [1.54, 1.807) is 0 Å². The zero-order valence-corrected chi connectivity index (χ0v) is 9.04. The molecule has 0 aromatic heterocycles. The minimum absolute atomic E-state index is 0.447. The standard InChI is InChI=1S/C10H10BrNO2/c11-7-2-1-3-8-6(7)4-5-9(12-8)10(13)14/h1-3,9,12H,4-5H2,(H,13,14). The van der Waals surface area contributed by atoms with Crippen LogP contribution in [0.2, 0.25) is 0 Å². The second-order valence-corrected chi connectivity index (χ2v) is 4.19. The van der Waals surface area contributed by atoms with E-state index in [1.807, 2.05) is 18.2 Å². The third-order valence-electron chi connectivity index (χ3n) is 2.43. The molecule has 14 heavy (non-hydrogen) atoms. The van der Waals surface area contributed by atoms with E-state index in [0.29, 0.717) is 6.42 Å². The zero-order valence-electron chi connectivity index (χ0n) is 7.46. The molecule has 2 N–H and O–H groups in total. The molecule has 74 valence electrons. The number of carboxylic acid groups (broad SMARTS) is 1. The quantitative estimate of drug-likeness (QED) is 0.810. The number of hydrogen-bond acceptors (Lipinski definition) is 2. The Hall–Kier alpha value is -1.03. The van der Waals surface area contributed by atoms with Gasteiger partial charge in [-0.05, 0) is 30.5 Å². The van der Waals surface area contributed by atoms with Gasteiger partial charge in [-0.3, -0.25) is 0 Å². The Morgan fingerprint density at radius 3 is 3.07 bits per heavy atom. The summed E-state index contributed by atoms with van der Waals surface area (Å²) in [4.78, 5) is 10.8. The van der Waals surface area contributed by atoms with Gasteiger partial charge >= 0.3 is 5.97 Å². The van der Waals surface area contributed by atoms with Crippen molar-refractivity contribution in [3.8, 4) is 0 Å². The first-order valence-corrected chi connectivity index (χ1v) is 5.24. The maximum Gasteiger partial charge on any atom is 0.326 e. The van der Waals surface area contributed by atoms with Crippen LogP contribution in [0.4, 0.5) is 5.69 Å². The van der Waals surface area contributed by atoms with E-state index >= 15 is 0 Å². The number of carboxylic acids is 1. The molecule has 1 aliphatic rings. The fourth-order valence-corrected chi connectivity index (χ4v) is 2.25. The minimum atomic E-state index is -0.782. The van der Waals surface area contributed by atoms with Gasteiger partial charge in [0.25, 0.3) is 0 Å². The van der Waals surface area contributed by atoms with E-state index in [4.69, 9.17) is 5.11 Å². The highest BCUT2D eigenvalue weighted by Gasteiger charge is 2.23. The van der Waals surface area contributed by atoms with E-state index in [1.165, 1.54) is 5.56 Å². The van der Waals surface area contributed by atoms with Gasteiger partial charge in [0.2, 0.25) is 0 Å². The molecular weight excluding hydrogens is 246 g/mol. The third-order valence-corrected chi connectivity index (χ3v) is 3.17. The lowest BCUT2D eigenvalue weighted by atomic mass is 9.98. The van der Waals surface area contributed by atoms with Crippen molar-refractivity contribution in [2.45, 2.75) is 18.9 Å². The van der Waals surface area contributed by atoms with E-state index in [-0.39, 0.29) is 0 Å². The maximum atomic E-state index is 10.8. The van der Waals surface area contributed by atoms with Gasteiger partial charge in [0.15, 0.2) is 0 Å². The van der Waals surface area contributed by atoms with E-state index in [0.717, 1.165) is 16.6 Å². The van der Waals surface area contributed by atoms with Gasteiger partial charge in [-0.15, -0.1) is 0 Å². The number of aliphatic carboxylic acids is 1. The van der Waals surface area contributed by atoms with Crippen LogP contribution >= 0.6 is 15.9 Å². The van der Waals surface area contributed by atoms with Crippen LogP contribution in [-0.2, 0) is 11.2 Å². The molecule has 1 aliphatic heterocycles. The molecule has 0 radical (unpaired) electrons. The number of anilines is 1. The predicted molar refractivity (Wildman–Crippen MR) is 57.5 cm³/mol. The summed E-state index contributed by atoms with van der Waals surface area (Å²) in [5.74, 6) is -0.782. The number of carbonyl (C=O) groups is 1. The molecule has 2 rings (SSSR count). The van der Waals surface area contributed by atoms with Gasteiger partial charge in [0.05, 0.1) is 0 Å². The van der Waals surface area contributed by atoms with Crippen molar-refractivity contribution < 1.29 is 9.90 Å². The smallest absolute Gasteiger partial charge is 0.326 e. The summed E-state index contributed by atoms with van der Waals surface area (Å²) in [6.07, 6.45) is 1.45. The molecule has 0 fully saturated rings. The number of nitrogens with one attached hydrogen (secondary N) is 1. The highest BCUT2D eigenvalue weighted by Crippen LogP contribution is 2.30. The van der Waals surface area contributed by atoms with Crippen molar-refractivity contribution in [1.82, 2.24) is 0 Å². The third kappa shape index (κ3) is 1.62. The summed E-state index contributed by atoms with van der Waals surface area (Å²) in [6.45, 7) is 0. The Bertz CT molecular complexity index is 378. The summed E-state index contributed by atoms with van der Waals surface area (Å²) >= 11 is 3.45. The van der Waals surface area contributed by atoms with Crippen LogP contribution in [0.1, 0.15) is 12.0 Å². The van der Waals surface area contributed by atoms with Crippen LogP contribution in [0.5, 0.6) is 0 Å². The Balaban J connectivity index is 2.31. The molecule has 0 spiro atoms. The number of fused-ring (bicyclic) bond motifs is 1. The topological polar surface area (TPSA) is 49.3 Å². The highest BCUT2D eigenvalue weighted by molar-refractivity contribution is 9.10. The second-order valence-electron chi connectivity index (χ2n) is 3.34. The summed E-state index contributed by atoms with van der Waals surface area (Å²) < 4.78 is 1.05. The summed E-state index contributed by atoms with van der Waals surface area (Å²) in [6, 6.07) is 5.34. The summed E-state index contributed by atoms with van der Waals surface area (Å²) in [5, 5.41) is 11.9. The largest absolute Gasteiger partial charge is 0.480 e. The SMILES string of the molecule is O=C(O)C1CCc2c(Br)cccc2N1. The lowest BCUT2D eigenvalue weighted by Crippen LogP contribution is -2.33. The van der Waals surface area contributed by atoms with Crippen LogP contribution in [-0.4, -0.2) is 17.1 Å². The molecule has 1 heterocycles.